The number of piperidine rings is 1. The number of benzene rings is 2. The number of nitrogens with one attached hydrogen (secondary N) is 2. The average Bonchev–Trinajstić information content (AvgIpc) is 2.74. The van der Waals surface area contributed by atoms with Crippen LogP contribution in [-0.4, -0.2) is 44.3 Å². The third kappa shape index (κ3) is 6.38. The highest BCUT2D eigenvalue weighted by molar-refractivity contribution is 7.89. The number of amides is 2. The first-order valence-electron chi connectivity index (χ1n) is 10.5. The highest BCUT2D eigenvalue weighted by Crippen LogP contribution is 2.21. The van der Waals surface area contributed by atoms with Crippen molar-refractivity contribution in [3.05, 3.63) is 60.2 Å². The fourth-order valence-electron chi connectivity index (χ4n) is 3.64. The van der Waals surface area contributed by atoms with Gasteiger partial charge in [-0.2, -0.15) is 0 Å². The average molecular weight is 444 g/mol. The largest absolute Gasteiger partial charge is 0.342 e. The maximum Gasteiger partial charge on any atom is 0.240 e. The van der Waals surface area contributed by atoms with E-state index in [1.165, 1.54) is 12.1 Å². The molecule has 0 saturated carbocycles. The van der Waals surface area contributed by atoms with Crippen LogP contribution in [0.3, 0.4) is 0 Å². The number of carbonyl (C=O) groups excluding carboxylic acids is 2. The van der Waals surface area contributed by atoms with Gasteiger partial charge in [0.2, 0.25) is 21.8 Å². The number of sulfonamides is 1. The molecule has 1 heterocycles. The summed E-state index contributed by atoms with van der Waals surface area (Å²) in [4.78, 5) is 27.3. The molecule has 1 atom stereocenters. The van der Waals surface area contributed by atoms with Crippen molar-refractivity contribution < 1.29 is 18.0 Å². The molecule has 2 aromatic carbocycles. The molecule has 0 bridgehead atoms. The molecule has 8 heteroatoms. The molecular formula is C23H29N3O4S. The van der Waals surface area contributed by atoms with Crippen molar-refractivity contribution in [2.24, 2.45) is 5.92 Å². The zero-order chi connectivity index (χ0) is 22.4. The van der Waals surface area contributed by atoms with Crippen LogP contribution in [0.2, 0.25) is 0 Å². The Bertz CT molecular complexity index is 1000. The first-order valence-corrected chi connectivity index (χ1v) is 12.0. The molecule has 1 aliphatic rings. The smallest absolute Gasteiger partial charge is 0.240 e. The molecule has 2 amide bonds. The van der Waals surface area contributed by atoms with E-state index in [2.05, 4.69) is 10.0 Å². The van der Waals surface area contributed by atoms with Gasteiger partial charge in [0, 0.05) is 24.8 Å². The Morgan fingerprint density at radius 3 is 2.39 bits per heavy atom. The normalized spacial score (nSPS) is 16.9. The zero-order valence-electron chi connectivity index (χ0n) is 17.9. The van der Waals surface area contributed by atoms with Crippen molar-refractivity contribution in [1.29, 1.82) is 0 Å². The number of hydrogen-bond acceptors (Lipinski definition) is 4. The van der Waals surface area contributed by atoms with E-state index < -0.39 is 10.0 Å². The highest BCUT2D eigenvalue weighted by Gasteiger charge is 2.28. The Morgan fingerprint density at radius 2 is 1.74 bits per heavy atom. The lowest BCUT2D eigenvalue weighted by Crippen LogP contribution is -2.44. The van der Waals surface area contributed by atoms with Crippen LogP contribution >= 0.6 is 0 Å². The highest BCUT2D eigenvalue weighted by atomic mass is 32.2. The Hall–Kier alpha value is -2.71. The lowest BCUT2D eigenvalue weighted by molar-refractivity contribution is -0.133. The first kappa shape index (κ1) is 23.0. The Morgan fingerprint density at radius 1 is 1.06 bits per heavy atom. The van der Waals surface area contributed by atoms with Crippen molar-refractivity contribution in [1.82, 2.24) is 9.62 Å². The van der Waals surface area contributed by atoms with Gasteiger partial charge in [0.25, 0.3) is 0 Å². The van der Waals surface area contributed by atoms with Crippen molar-refractivity contribution in [3.63, 3.8) is 0 Å². The second-order valence-corrected chi connectivity index (χ2v) is 9.84. The maximum atomic E-state index is 12.7. The summed E-state index contributed by atoms with van der Waals surface area (Å²) in [7, 11) is -3.57. The molecule has 1 unspecified atom stereocenters. The predicted molar refractivity (Wildman–Crippen MR) is 120 cm³/mol. The van der Waals surface area contributed by atoms with Crippen molar-refractivity contribution in [2.75, 3.05) is 18.4 Å². The summed E-state index contributed by atoms with van der Waals surface area (Å²) in [5.41, 5.74) is 1.49. The maximum absolute atomic E-state index is 12.7. The summed E-state index contributed by atoms with van der Waals surface area (Å²) >= 11 is 0. The van der Waals surface area contributed by atoms with Gasteiger partial charge < -0.3 is 10.2 Å². The van der Waals surface area contributed by atoms with Crippen molar-refractivity contribution >= 4 is 27.5 Å². The second kappa shape index (κ2) is 10.1. The number of hydrogen-bond donors (Lipinski definition) is 2. The SMILES string of the molecule is CC(C)NS(=O)(=O)c1ccc(NC(=O)C2CCCN(C(=O)Cc3ccccc3)C2)cc1. The topological polar surface area (TPSA) is 95.6 Å². The second-order valence-electron chi connectivity index (χ2n) is 8.13. The van der Waals surface area contributed by atoms with Gasteiger partial charge in [-0.05, 0) is 56.5 Å². The Labute approximate surface area is 183 Å². The molecule has 1 saturated heterocycles. The van der Waals surface area contributed by atoms with E-state index in [4.69, 9.17) is 0 Å². The van der Waals surface area contributed by atoms with Gasteiger partial charge in [0.1, 0.15) is 0 Å². The minimum absolute atomic E-state index is 0.0240. The summed E-state index contributed by atoms with van der Waals surface area (Å²) in [5.74, 6) is -0.427. The number of anilines is 1. The molecule has 1 aliphatic heterocycles. The zero-order valence-corrected chi connectivity index (χ0v) is 18.7. The third-order valence-corrected chi connectivity index (χ3v) is 6.84. The summed E-state index contributed by atoms with van der Waals surface area (Å²) in [6.45, 7) is 4.56. The van der Waals surface area contributed by atoms with E-state index in [1.807, 2.05) is 30.3 Å². The van der Waals surface area contributed by atoms with E-state index in [0.29, 0.717) is 31.6 Å². The Kier molecular flexibility index (Phi) is 7.46. The fourth-order valence-corrected chi connectivity index (χ4v) is 4.89. The molecule has 0 spiro atoms. The predicted octanol–water partition coefficient (Wildman–Crippen LogP) is 2.79. The van der Waals surface area contributed by atoms with Gasteiger partial charge in [0.05, 0.1) is 17.2 Å². The van der Waals surface area contributed by atoms with E-state index in [-0.39, 0.29) is 28.7 Å². The van der Waals surface area contributed by atoms with E-state index in [0.717, 1.165) is 12.0 Å². The van der Waals surface area contributed by atoms with Crippen molar-refractivity contribution in [3.8, 4) is 0 Å². The van der Waals surface area contributed by atoms with Gasteiger partial charge in [-0.3, -0.25) is 9.59 Å². The number of nitrogens with zero attached hydrogens (tertiary/aromatic N) is 1. The summed E-state index contributed by atoms with van der Waals surface area (Å²) < 4.78 is 27.0. The molecular weight excluding hydrogens is 414 g/mol. The van der Waals surface area contributed by atoms with Gasteiger partial charge in [-0.25, -0.2) is 13.1 Å². The van der Waals surface area contributed by atoms with Crippen LogP contribution in [0.5, 0.6) is 0 Å². The fraction of sp³-hybridized carbons (Fsp3) is 0.391. The minimum Gasteiger partial charge on any atom is -0.342 e. The van der Waals surface area contributed by atoms with E-state index in [1.54, 1.807) is 30.9 Å². The van der Waals surface area contributed by atoms with Crippen LogP contribution in [0.4, 0.5) is 5.69 Å². The van der Waals surface area contributed by atoms with Gasteiger partial charge in [-0.15, -0.1) is 0 Å². The monoisotopic (exact) mass is 443 g/mol. The third-order valence-electron chi connectivity index (χ3n) is 5.17. The number of rotatable bonds is 7. The molecule has 7 nitrogen and oxygen atoms in total. The van der Waals surface area contributed by atoms with Crippen LogP contribution in [0, 0.1) is 5.92 Å². The van der Waals surface area contributed by atoms with Crippen LogP contribution in [0.25, 0.3) is 0 Å². The minimum atomic E-state index is -3.57. The van der Waals surface area contributed by atoms with Gasteiger partial charge >= 0.3 is 0 Å². The van der Waals surface area contributed by atoms with Crippen molar-refractivity contribution in [2.45, 2.75) is 44.0 Å². The molecule has 0 aromatic heterocycles. The molecule has 2 aromatic rings. The van der Waals surface area contributed by atoms with Crippen LogP contribution in [0.1, 0.15) is 32.3 Å². The summed E-state index contributed by atoms with van der Waals surface area (Å²) in [6.07, 6.45) is 1.82. The van der Waals surface area contributed by atoms with E-state index in [9.17, 15) is 18.0 Å². The molecule has 2 N–H and O–H groups in total. The first-order chi connectivity index (χ1) is 14.7. The molecule has 0 aliphatic carbocycles. The van der Waals surface area contributed by atoms with Crippen LogP contribution < -0.4 is 10.0 Å². The number of likely N-dealkylation sites (tertiary alicyclic amines) is 1. The number of carbonyl (C=O) groups is 2. The van der Waals surface area contributed by atoms with Crippen LogP contribution in [-0.2, 0) is 26.0 Å². The van der Waals surface area contributed by atoms with Gasteiger partial charge in [0.15, 0.2) is 0 Å². The lowest BCUT2D eigenvalue weighted by Gasteiger charge is -2.32. The summed E-state index contributed by atoms with van der Waals surface area (Å²) in [6, 6.07) is 15.5. The molecule has 31 heavy (non-hydrogen) atoms. The van der Waals surface area contributed by atoms with Gasteiger partial charge in [-0.1, -0.05) is 30.3 Å². The molecule has 1 fully saturated rings. The Balaban J connectivity index is 1.58. The lowest BCUT2D eigenvalue weighted by atomic mass is 9.96. The van der Waals surface area contributed by atoms with Crippen LogP contribution in [0.15, 0.2) is 59.5 Å². The molecule has 0 radical (unpaired) electrons. The quantitative estimate of drug-likeness (QED) is 0.688. The summed E-state index contributed by atoms with van der Waals surface area (Å²) in [5, 5.41) is 2.85. The van der Waals surface area contributed by atoms with E-state index >= 15 is 0 Å². The molecule has 3 rings (SSSR count). The molecule has 166 valence electrons. The standard InChI is InChI=1S/C23H29N3O4S/c1-17(2)25-31(29,30)21-12-10-20(11-13-21)24-23(28)19-9-6-14-26(16-19)22(27)15-18-7-4-3-5-8-18/h3-5,7-8,10-13,17,19,25H,6,9,14-16H2,1-2H3,(H,24,28).